The number of imidazole rings is 1. The molecule has 3 rings (SSSR count). The normalized spacial score (nSPS) is 14.9. The molecule has 188 valence electrons. The van der Waals surface area contributed by atoms with E-state index in [1.807, 2.05) is 35.7 Å². The van der Waals surface area contributed by atoms with Gasteiger partial charge in [0, 0.05) is 44.0 Å². The molecule has 10 nitrogen and oxygen atoms in total. The Morgan fingerprint density at radius 3 is 2.32 bits per heavy atom. The van der Waals surface area contributed by atoms with Crippen LogP contribution in [0.2, 0.25) is 0 Å². The Labute approximate surface area is 194 Å². The van der Waals surface area contributed by atoms with E-state index in [1.165, 1.54) is 0 Å². The van der Waals surface area contributed by atoms with Crippen LogP contribution < -0.4 is 11.1 Å². The van der Waals surface area contributed by atoms with Gasteiger partial charge in [0.15, 0.2) is 0 Å². The maximum atomic E-state index is 12.5. The van der Waals surface area contributed by atoms with Gasteiger partial charge in [-0.15, -0.1) is 0 Å². The molecule has 1 atom stereocenters. The molecule has 1 saturated heterocycles. The number of nitrogens with one attached hydrogen (secondary N) is 1. The van der Waals surface area contributed by atoms with Crippen LogP contribution in [0.5, 0.6) is 0 Å². The van der Waals surface area contributed by atoms with Gasteiger partial charge in [-0.05, 0) is 43.5 Å². The summed E-state index contributed by atoms with van der Waals surface area (Å²) in [5.74, 6) is -0.210. The fraction of sp³-hybridized carbons (Fsp3) is 0.450. The number of halogens is 3. The molecule has 1 aromatic heterocycles. The van der Waals surface area contributed by atoms with E-state index >= 15 is 0 Å². The van der Waals surface area contributed by atoms with Crippen LogP contribution in [-0.4, -0.2) is 63.9 Å². The molecule has 0 aliphatic carbocycles. The topological polar surface area (TPSA) is 148 Å². The van der Waals surface area contributed by atoms with Gasteiger partial charge in [-0.2, -0.15) is 21.6 Å². The molecule has 2 aromatic rings. The van der Waals surface area contributed by atoms with Gasteiger partial charge in [0.05, 0.1) is 18.1 Å². The molecule has 0 saturated carbocycles. The molecule has 1 aromatic carbocycles. The molecule has 0 bridgehead atoms. The summed E-state index contributed by atoms with van der Waals surface area (Å²) in [4.78, 5) is 30.9. The minimum Gasteiger partial charge on any atom is -0.340 e. The second-order valence-corrected chi connectivity index (χ2v) is 9.19. The Kier molecular flexibility index (Phi) is 8.80. The Balaban J connectivity index is 0.000000440. The van der Waals surface area contributed by atoms with Crippen LogP contribution in [0.25, 0.3) is 0 Å². The largest absolute Gasteiger partial charge is 0.522 e. The standard InChI is InChI=1S/C19H25N5O2.CHF3O3S/c1-13-9-14(5-6-16(13)19(26)24-7-3-4-8-24)22-18(25)17(20)10-15-11-23(2)12-21-15;2-1(3,4)8(5,6)7/h5-6,9,11-12,17H,3-4,7-8,10,20H2,1-2H3,(H,22,25);(H,5,6,7)/t17-;/m1./s1. The van der Waals surface area contributed by atoms with Gasteiger partial charge in [0.25, 0.3) is 5.91 Å². The van der Waals surface area contributed by atoms with Gasteiger partial charge in [-0.1, -0.05) is 0 Å². The molecule has 0 unspecified atom stereocenters. The molecule has 1 aliphatic rings. The lowest BCUT2D eigenvalue weighted by Crippen LogP contribution is -2.37. The van der Waals surface area contributed by atoms with Gasteiger partial charge >= 0.3 is 15.6 Å². The number of aromatic nitrogens is 2. The molecule has 4 N–H and O–H groups in total. The van der Waals surface area contributed by atoms with E-state index in [1.54, 1.807) is 18.5 Å². The predicted octanol–water partition coefficient (Wildman–Crippen LogP) is 1.87. The van der Waals surface area contributed by atoms with Crippen LogP contribution in [0.1, 0.15) is 34.5 Å². The summed E-state index contributed by atoms with van der Waals surface area (Å²) in [5, 5.41) is 2.82. The summed E-state index contributed by atoms with van der Waals surface area (Å²) in [5.41, 5.74) is 3.39. The number of benzene rings is 1. The quantitative estimate of drug-likeness (QED) is 0.415. The third-order valence-electron chi connectivity index (χ3n) is 4.93. The highest BCUT2D eigenvalue weighted by Crippen LogP contribution is 2.21. The van der Waals surface area contributed by atoms with Crippen molar-refractivity contribution in [1.29, 1.82) is 0 Å². The third kappa shape index (κ3) is 7.53. The second-order valence-electron chi connectivity index (χ2n) is 7.78. The van der Waals surface area contributed by atoms with Gasteiger partial charge < -0.3 is 20.5 Å². The Hall–Kier alpha value is -2.97. The first kappa shape index (κ1) is 27.3. The van der Waals surface area contributed by atoms with Crippen LogP contribution in [0.3, 0.4) is 0 Å². The van der Waals surface area contributed by atoms with E-state index in [-0.39, 0.29) is 11.8 Å². The number of likely N-dealkylation sites (tertiary alicyclic amines) is 1. The van der Waals surface area contributed by atoms with E-state index < -0.39 is 21.7 Å². The second kappa shape index (κ2) is 11.0. The number of alkyl halides is 3. The summed E-state index contributed by atoms with van der Waals surface area (Å²) in [6.07, 6.45) is 6.02. The zero-order chi connectivity index (χ0) is 25.7. The molecule has 0 spiro atoms. The average molecular weight is 506 g/mol. The van der Waals surface area contributed by atoms with Gasteiger partial charge in [-0.25, -0.2) is 4.98 Å². The first-order valence-corrected chi connectivity index (χ1v) is 11.6. The van der Waals surface area contributed by atoms with Crippen molar-refractivity contribution in [2.75, 3.05) is 18.4 Å². The summed E-state index contributed by atoms with van der Waals surface area (Å²) >= 11 is 0. The highest BCUT2D eigenvalue weighted by Gasteiger charge is 2.44. The number of carbonyl (C=O) groups is 2. The molecule has 2 heterocycles. The van der Waals surface area contributed by atoms with E-state index in [0.717, 1.165) is 37.2 Å². The van der Waals surface area contributed by atoms with E-state index in [2.05, 4.69) is 10.3 Å². The van der Waals surface area contributed by atoms with Crippen molar-refractivity contribution < 1.29 is 35.7 Å². The number of carbonyl (C=O) groups excluding carboxylic acids is 2. The number of anilines is 1. The van der Waals surface area contributed by atoms with Gasteiger partial charge in [0.1, 0.15) is 0 Å². The van der Waals surface area contributed by atoms with Crippen LogP contribution in [0, 0.1) is 6.92 Å². The summed E-state index contributed by atoms with van der Waals surface area (Å²) in [7, 11) is -3.97. The van der Waals surface area contributed by atoms with Gasteiger partial charge in [0.2, 0.25) is 5.91 Å². The number of nitrogens with two attached hydrogens (primary N) is 1. The molecule has 1 aliphatic heterocycles. The number of nitrogens with zero attached hydrogens (tertiary/aromatic N) is 3. The van der Waals surface area contributed by atoms with Crippen LogP contribution in [-0.2, 0) is 28.4 Å². The van der Waals surface area contributed by atoms with Crippen LogP contribution in [0.4, 0.5) is 18.9 Å². The molecular weight excluding hydrogens is 479 g/mol. The lowest BCUT2D eigenvalue weighted by molar-refractivity contribution is -0.117. The number of rotatable bonds is 5. The van der Waals surface area contributed by atoms with Crippen molar-refractivity contribution in [1.82, 2.24) is 14.5 Å². The first-order chi connectivity index (χ1) is 15.7. The van der Waals surface area contributed by atoms with Crippen LogP contribution >= 0.6 is 0 Å². The highest BCUT2D eigenvalue weighted by molar-refractivity contribution is 7.86. The number of aryl methyl sites for hydroxylation is 2. The zero-order valence-electron chi connectivity index (χ0n) is 18.5. The third-order valence-corrected chi connectivity index (χ3v) is 5.52. The SMILES string of the molecule is Cc1cc(NC(=O)[C@H](N)Cc2cn(C)cn2)ccc1C(=O)N1CCCC1.O=S(=O)(O)C(F)(F)F. The molecule has 34 heavy (non-hydrogen) atoms. The summed E-state index contributed by atoms with van der Waals surface area (Å²) in [6.45, 7) is 3.52. The average Bonchev–Trinajstić information content (AvgIpc) is 3.38. The fourth-order valence-corrected chi connectivity index (χ4v) is 3.20. The van der Waals surface area contributed by atoms with E-state index in [0.29, 0.717) is 17.7 Å². The van der Waals surface area contributed by atoms with Crippen molar-refractivity contribution in [2.24, 2.45) is 12.8 Å². The number of hydrogen-bond donors (Lipinski definition) is 3. The monoisotopic (exact) mass is 505 g/mol. The first-order valence-electron chi connectivity index (χ1n) is 10.2. The number of hydrogen-bond acceptors (Lipinski definition) is 6. The number of amides is 2. The predicted molar refractivity (Wildman–Crippen MR) is 117 cm³/mol. The van der Waals surface area contributed by atoms with E-state index in [9.17, 15) is 22.8 Å². The smallest absolute Gasteiger partial charge is 0.340 e. The lowest BCUT2D eigenvalue weighted by Gasteiger charge is -2.17. The zero-order valence-corrected chi connectivity index (χ0v) is 19.4. The molecule has 1 fully saturated rings. The summed E-state index contributed by atoms with van der Waals surface area (Å²) < 4.78 is 59.4. The van der Waals surface area contributed by atoms with Crippen molar-refractivity contribution in [2.45, 2.75) is 37.7 Å². The van der Waals surface area contributed by atoms with Crippen molar-refractivity contribution in [3.63, 3.8) is 0 Å². The maximum Gasteiger partial charge on any atom is 0.522 e. The Bertz CT molecular complexity index is 1130. The molecule has 2 amide bonds. The van der Waals surface area contributed by atoms with Crippen LogP contribution in [0.15, 0.2) is 30.7 Å². The van der Waals surface area contributed by atoms with E-state index in [4.69, 9.17) is 18.7 Å². The maximum absolute atomic E-state index is 12.5. The summed E-state index contributed by atoms with van der Waals surface area (Å²) in [6, 6.07) is 4.66. The molecule has 14 heteroatoms. The molecule has 0 radical (unpaired) electrons. The Morgan fingerprint density at radius 2 is 1.85 bits per heavy atom. The van der Waals surface area contributed by atoms with Crippen molar-refractivity contribution in [3.05, 3.63) is 47.5 Å². The van der Waals surface area contributed by atoms with Gasteiger partial charge in [-0.3, -0.25) is 14.1 Å². The fourth-order valence-electron chi connectivity index (χ4n) is 3.20. The highest BCUT2D eigenvalue weighted by atomic mass is 32.2. The van der Waals surface area contributed by atoms with Crippen molar-refractivity contribution >= 4 is 27.6 Å². The minimum atomic E-state index is -5.84. The molecular formula is C20H26F3N5O5S. The Morgan fingerprint density at radius 1 is 1.26 bits per heavy atom. The lowest BCUT2D eigenvalue weighted by atomic mass is 10.1. The minimum absolute atomic E-state index is 0.0599. The van der Waals surface area contributed by atoms with Crippen molar-refractivity contribution in [3.8, 4) is 0 Å².